The highest BCUT2D eigenvalue weighted by Crippen LogP contribution is 2.42. The Morgan fingerprint density at radius 2 is 2.33 bits per heavy atom. The Balaban J connectivity index is 2.05. The number of ether oxygens (including phenoxy) is 1. The molecule has 0 unspecified atom stereocenters. The van der Waals surface area contributed by atoms with Crippen LogP contribution in [-0.4, -0.2) is 29.0 Å². The van der Waals surface area contributed by atoms with Crippen LogP contribution >= 0.6 is 0 Å². The molecule has 0 atom stereocenters. The van der Waals surface area contributed by atoms with Gasteiger partial charge in [0.2, 0.25) is 11.7 Å². The highest BCUT2D eigenvalue weighted by atomic mass is 16.5. The quantitative estimate of drug-likeness (QED) is 0.789. The first-order valence-electron chi connectivity index (χ1n) is 5.30. The van der Waals surface area contributed by atoms with E-state index in [-0.39, 0.29) is 12.2 Å². The van der Waals surface area contributed by atoms with Crippen molar-refractivity contribution in [3.63, 3.8) is 0 Å². The zero-order valence-corrected chi connectivity index (χ0v) is 8.90. The monoisotopic (exact) mass is 212 g/mol. The normalized spacial score (nSPS) is 18.8. The molecule has 0 radical (unpaired) electrons. The summed E-state index contributed by atoms with van der Waals surface area (Å²) < 4.78 is 10.5. The van der Waals surface area contributed by atoms with Crippen molar-refractivity contribution in [1.82, 2.24) is 10.1 Å². The molecule has 1 N–H and O–H groups in total. The maximum atomic E-state index is 8.68. The van der Waals surface area contributed by atoms with Crippen LogP contribution in [0.5, 0.6) is 0 Å². The fourth-order valence-electron chi connectivity index (χ4n) is 1.79. The van der Waals surface area contributed by atoms with Crippen LogP contribution in [0, 0.1) is 0 Å². The second-order valence-corrected chi connectivity index (χ2v) is 3.89. The molecule has 0 aliphatic heterocycles. The molecule has 1 fully saturated rings. The molecule has 1 heterocycles. The van der Waals surface area contributed by atoms with E-state index in [1.165, 1.54) is 0 Å². The molecule has 5 heteroatoms. The van der Waals surface area contributed by atoms with Crippen LogP contribution in [0.25, 0.3) is 0 Å². The minimum Gasteiger partial charge on any atom is -0.396 e. The molecule has 15 heavy (non-hydrogen) atoms. The molecular formula is C10H16N2O3. The molecule has 1 aliphatic rings. The van der Waals surface area contributed by atoms with Gasteiger partial charge < -0.3 is 14.4 Å². The standard InChI is InChI=1S/C10H16N2O3/c1-14-10(5-3-6-10)9-11-8(15-12-9)4-2-7-13/h13H,2-7H2,1H3. The second-order valence-electron chi connectivity index (χ2n) is 3.89. The van der Waals surface area contributed by atoms with Crippen LogP contribution in [-0.2, 0) is 16.8 Å². The van der Waals surface area contributed by atoms with Gasteiger partial charge in [0.05, 0.1) is 0 Å². The lowest BCUT2D eigenvalue weighted by Gasteiger charge is -2.37. The predicted molar refractivity (Wildman–Crippen MR) is 52.2 cm³/mol. The first kappa shape index (κ1) is 10.6. The van der Waals surface area contributed by atoms with Crippen LogP contribution in [0.1, 0.15) is 37.4 Å². The van der Waals surface area contributed by atoms with E-state index in [1.807, 2.05) is 0 Å². The van der Waals surface area contributed by atoms with Gasteiger partial charge in [-0.2, -0.15) is 4.98 Å². The van der Waals surface area contributed by atoms with Gasteiger partial charge in [0.15, 0.2) is 0 Å². The summed E-state index contributed by atoms with van der Waals surface area (Å²) in [5.41, 5.74) is -0.305. The number of hydrogen-bond acceptors (Lipinski definition) is 5. The summed E-state index contributed by atoms with van der Waals surface area (Å²) in [5.74, 6) is 1.24. The number of hydrogen-bond donors (Lipinski definition) is 1. The van der Waals surface area contributed by atoms with Gasteiger partial charge in [0.1, 0.15) is 5.60 Å². The number of aliphatic hydroxyl groups is 1. The van der Waals surface area contributed by atoms with E-state index in [4.69, 9.17) is 14.4 Å². The van der Waals surface area contributed by atoms with Crippen molar-refractivity contribution in [1.29, 1.82) is 0 Å². The zero-order chi connectivity index (χ0) is 10.7. The highest BCUT2D eigenvalue weighted by Gasteiger charge is 2.43. The van der Waals surface area contributed by atoms with Crippen molar-refractivity contribution in [3.8, 4) is 0 Å². The van der Waals surface area contributed by atoms with Gasteiger partial charge in [0.25, 0.3) is 0 Å². The molecular weight excluding hydrogens is 196 g/mol. The van der Waals surface area contributed by atoms with Crippen LogP contribution < -0.4 is 0 Å². The first-order chi connectivity index (χ1) is 7.30. The second kappa shape index (κ2) is 4.28. The number of aryl methyl sites for hydroxylation is 1. The largest absolute Gasteiger partial charge is 0.396 e. The van der Waals surface area contributed by atoms with Crippen molar-refractivity contribution in [2.75, 3.05) is 13.7 Å². The van der Waals surface area contributed by atoms with Gasteiger partial charge >= 0.3 is 0 Å². The molecule has 1 aliphatic carbocycles. The molecule has 0 spiro atoms. The van der Waals surface area contributed by atoms with Gasteiger partial charge in [-0.15, -0.1) is 0 Å². The summed E-state index contributed by atoms with van der Waals surface area (Å²) in [5, 5.41) is 12.6. The number of aliphatic hydroxyl groups excluding tert-OH is 1. The molecule has 2 rings (SSSR count). The predicted octanol–water partition coefficient (Wildman–Crippen LogP) is 1.02. The van der Waals surface area contributed by atoms with E-state index in [9.17, 15) is 0 Å². The van der Waals surface area contributed by atoms with Crippen LogP contribution in [0.4, 0.5) is 0 Å². The summed E-state index contributed by atoms with van der Waals surface area (Å²) in [7, 11) is 1.68. The van der Waals surface area contributed by atoms with Crippen LogP contribution in [0.15, 0.2) is 4.52 Å². The minimum absolute atomic E-state index is 0.146. The van der Waals surface area contributed by atoms with Crippen molar-refractivity contribution in [3.05, 3.63) is 11.7 Å². The smallest absolute Gasteiger partial charge is 0.226 e. The molecule has 84 valence electrons. The Bertz CT molecular complexity index is 315. The van der Waals surface area contributed by atoms with Gasteiger partial charge in [0, 0.05) is 20.1 Å². The lowest BCUT2D eigenvalue weighted by atomic mass is 9.79. The van der Waals surface area contributed by atoms with Gasteiger partial charge in [-0.3, -0.25) is 0 Å². The summed E-state index contributed by atoms with van der Waals surface area (Å²) in [4.78, 5) is 4.30. The third-order valence-corrected chi connectivity index (χ3v) is 2.98. The number of aromatic nitrogens is 2. The molecule has 0 amide bonds. The van der Waals surface area contributed by atoms with E-state index in [2.05, 4.69) is 10.1 Å². The van der Waals surface area contributed by atoms with Crippen LogP contribution in [0.3, 0.4) is 0 Å². The molecule has 1 aromatic rings. The lowest BCUT2D eigenvalue weighted by Crippen LogP contribution is -2.37. The zero-order valence-electron chi connectivity index (χ0n) is 8.90. The third-order valence-electron chi connectivity index (χ3n) is 2.98. The molecule has 5 nitrogen and oxygen atoms in total. The number of methoxy groups -OCH3 is 1. The fraction of sp³-hybridized carbons (Fsp3) is 0.800. The van der Waals surface area contributed by atoms with Gasteiger partial charge in [-0.1, -0.05) is 5.16 Å². The van der Waals surface area contributed by atoms with Gasteiger partial charge in [-0.05, 0) is 25.7 Å². The molecule has 0 aromatic carbocycles. The van der Waals surface area contributed by atoms with E-state index in [0.29, 0.717) is 24.6 Å². The maximum Gasteiger partial charge on any atom is 0.226 e. The Hall–Kier alpha value is -0.940. The third kappa shape index (κ3) is 1.89. The summed E-state index contributed by atoms with van der Waals surface area (Å²) in [6.45, 7) is 0.146. The number of nitrogens with zero attached hydrogens (tertiary/aromatic N) is 2. The van der Waals surface area contributed by atoms with E-state index >= 15 is 0 Å². The average molecular weight is 212 g/mol. The molecule has 0 saturated heterocycles. The van der Waals surface area contributed by atoms with Gasteiger partial charge in [-0.25, -0.2) is 0 Å². The Kier molecular flexibility index (Phi) is 3.02. The van der Waals surface area contributed by atoms with E-state index < -0.39 is 0 Å². The highest BCUT2D eigenvalue weighted by molar-refractivity contribution is 5.06. The first-order valence-corrected chi connectivity index (χ1v) is 5.30. The average Bonchev–Trinajstić information content (AvgIpc) is 2.63. The SMILES string of the molecule is COC1(c2noc(CCCO)n2)CCC1. The number of rotatable bonds is 5. The van der Waals surface area contributed by atoms with Crippen molar-refractivity contribution >= 4 is 0 Å². The van der Waals surface area contributed by atoms with Crippen LogP contribution in [0.2, 0.25) is 0 Å². The molecule has 1 aromatic heterocycles. The minimum atomic E-state index is -0.305. The maximum absolute atomic E-state index is 8.68. The van der Waals surface area contributed by atoms with Crippen molar-refractivity contribution in [2.24, 2.45) is 0 Å². The van der Waals surface area contributed by atoms with E-state index in [1.54, 1.807) is 7.11 Å². The fourth-order valence-corrected chi connectivity index (χ4v) is 1.79. The molecule has 1 saturated carbocycles. The van der Waals surface area contributed by atoms with Crippen molar-refractivity contribution in [2.45, 2.75) is 37.7 Å². The Labute approximate surface area is 88.4 Å². The lowest BCUT2D eigenvalue weighted by molar-refractivity contribution is -0.0858. The Morgan fingerprint density at radius 3 is 2.87 bits per heavy atom. The summed E-state index contributed by atoms with van der Waals surface area (Å²) in [6, 6.07) is 0. The molecule has 0 bridgehead atoms. The van der Waals surface area contributed by atoms with E-state index in [0.717, 1.165) is 19.3 Å². The summed E-state index contributed by atoms with van der Waals surface area (Å²) in [6.07, 6.45) is 4.35. The topological polar surface area (TPSA) is 68.4 Å². The van der Waals surface area contributed by atoms with Crippen molar-refractivity contribution < 1.29 is 14.4 Å². The summed E-state index contributed by atoms with van der Waals surface area (Å²) >= 11 is 0. The Morgan fingerprint density at radius 1 is 1.53 bits per heavy atom.